The van der Waals surface area contributed by atoms with Crippen LogP contribution < -0.4 is 24.3 Å². The highest BCUT2D eigenvalue weighted by atomic mass is 16.5. The van der Waals surface area contributed by atoms with Gasteiger partial charge in [0.1, 0.15) is 12.4 Å². The molecule has 1 N–H and O–H groups in total. The summed E-state index contributed by atoms with van der Waals surface area (Å²) in [6.07, 6.45) is 3.52. The number of hydrogen-bond donors (Lipinski definition) is 1. The Hall–Kier alpha value is -3.48. The largest absolute Gasteiger partial charge is 0.493 e. The van der Waals surface area contributed by atoms with Gasteiger partial charge in [-0.05, 0) is 54.3 Å². The minimum absolute atomic E-state index is 0.0618. The number of aldehydes is 1. The van der Waals surface area contributed by atoms with E-state index in [4.69, 9.17) is 18.9 Å². The van der Waals surface area contributed by atoms with E-state index in [9.17, 15) is 9.59 Å². The molecule has 1 aliphatic rings. The Bertz CT molecular complexity index is 1050. The van der Waals surface area contributed by atoms with Crippen molar-refractivity contribution in [3.05, 3.63) is 53.1 Å². The minimum Gasteiger partial charge on any atom is -0.493 e. The van der Waals surface area contributed by atoms with Gasteiger partial charge in [-0.1, -0.05) is 19.9 Å². The fourth-order valence-electron chi connectivity index (χ4n) is 3.69. The van der Waals surface area contributed by atoms with Crippen molar-refractivity contribution in [1.29, 1.82) is 0 Å². The van der Waals surface area contributed by atoms with Crippen LogP contribution in [0.15, 0.2) is 36.4 Å². The Morgan fingerprint density at radius 3 is 2.30 bits per heavy atom. The van der Waals surface area contributed by atoms with Gasteiger partial charge >= 0.3 is 0 Å². The molecule has 3 atom stereocenters. The molecule has 1 aliphatic heterocycles. The molecule has 0 saturated carbocycles. The SMILES string of the molecule is COc1ccc(C2Oc3c(OC)cc(/C=C/C(=O)NC(C)C(C)C)cc3C2C=O)cc1OC. The maximum Gasteiger partial charge on any atom is 0.244 e. The first-order valence-electron chi connectivity index (χ1n) is 10.9. The van der Waals surface area contributed by atoms with Gasteiger partial charge in [-0.2, -0.15) is 0 Å². The third kappa shape index (κ3) is 5.13. The van der Waals surface area contributed by atoms with Crippen LogP contribution >= 0.6 is 0 Å². The first-order chi connectivity index (χ1) is 15.8. The molecule has 0 aromatic heterocycles. The molecule has 0 aliphatic carbocycles. The van der Waals surface area contributed by atoms with E-state index in [2.05, 4.69) is 19.2 Å². The van der Waals surface area contributed by atoms with Gasteiger partial charge in [0, 0.05) is 17.7 Å². The Kier molecular flexibility index (Phi) is 7.63. The molecule has 7 nitrogen and oxygen atoms in total. The average molecular weight is 454 g/mol. The monoisotopic (exact) mass is 453 g/mol. The zero-order valence-electron chi connectivity index (χ0n) is 19.9. The molecule has 176 valence electrons. The molecule has 1 heterocycles. The smallest absolute Gasteiger partial charge is 0.244 e. The lowest BCUT2D eigenvalue weighted by Crippen LogP contribution is -2.34. The van der Waals surface area contributed by atoms with Gasteiger partial charge in [0.05, 0.1) is 27.2 Å². The van der Waals surface area contributed by atoms with Crippen LogP contribution in [0.25, 0.3) is 6.08 Å². The number of ether oxygens (including phenoxy) is 4. The Morgan fingerprint density at radius 2 is 1.70 bits per heavy atom. The van der Waals surface area contributed by atoms with Crippen molar-refractivity contribution in [3.8, 4) is 23.0 Å². The lowest BCUT2D eigenvalue weighted by Gasteiger charge is -2.17. The van der Waals surface area contributed by atoms with Gasteiger partial charge in [0.15, 0.2) is 23.0 Å². The van der Waals surface area contributed by atoms with Crippen LogP contribution in [0.2, 0.25) is 0 Å². The van der Waals surface area contributed by atoms with Crippen molar-refractivity contribution in [2.24, 2.45) is 5.92 Å². The summed E-state index contributed by atoms with van der Waals surface area (Å²) in [5.74, 6) is 1.77. The van der Waals surface area contributed by atoms with E-state index in [0.29, 0.717) is 34.5 Å². The highest BCUT2D eigenvalue weighted by molar-refractivity contribution is 5.92. The van der Waals surface area contributed by atoms with Crippen LogP contribution in [-0.2, 0) is 9.59 Å². The maximum atomic E-state index is 12.3. The molecule has 0 spiro atoms. The van der Waals surface area contributed by atoms with Gasteiger partial charge in [-0.25, -0.2) is 0 Å². The Morgan fingerprint density at radius 1 is 1.00 bits per heavy atom. The number of carbonyl (C=O) groups is 2. The molecule has 0 radical (unpaired) electrons. The number of rotatable bonds is 9. The van der Waals surface area contributed by atoms with Crippen molar-refractivity contribution < 1.29 is 28.5 Å². The summed E-state index contributed by atoms with van der Waals surface area (Å²) in [5, 5.41) is 2.94. The van der Waals surface area contributed by atoms with Gasteiger partial charge < -0.3 is 29.1 Å². The van der Waals surface area contributed by atoms with Crippen LogP contribution in [0.5, 0.6) is 23.0 Å². The summed E-state index contributed by atoms with van der Waals surface area (Å²) in [5.41, 5.74) is 2.23. The molecule has 0 saturated heterocycles. The predicted molar refractivity (Wildman–Crippen MR) is 126 cm³/mol. The molecule has 0 fully saturated rings. The number of hydrogen-bond acceptors (Lipinski definition) is 6. The van der Waals surface area contributed by atoms with Gasteiger partial charge in [0.25, 0.3) is 0 Å². The maximum absolute atomic E-state index is 12.3. The second-order valence-corrected chi connectivity index (χ2v) is 8.33. The number of carbonyl (C=O) groups excluding carboxylic acids is 2. The normalized spacial score (nSPS) is 17.9. The van der Waals surface area contributed by atoms with E-state index < -0.39 is 12.0 Å². The van der Waals surface area contributed by atoms with Gasteiger partial charge in [0.2, 0.25) is 5.91 Å². The van der Waals surface area contributed by atoms with Crippen molar-refractivity contribution in [2.45, 2.75) is 38.8 Å². The number of fused-ring (bicyclic) bond motifs is 1. The predicted octanol–water partition coefficient (Wildman–Crippen LogP) is 4.30. The Labute approximate surface area is 194 Å². The van der Waals surface area contributed by atoms with E-state index in [0.717, 1.165) is 17.4 Å². The third-order valence-electron chi connectivity index (χ3n) is 5.94. The highest BCUT2D eigenvalue weighted by Gasteiger charge is 2.38. The van der Waals surface area contributed by atoms with Crippen LogP contribution in [0.1, 0.15) is 49.5 Å². The van der Waals surface area contributed by atoms with Crippen molar-refractivity contribution in [3.63, 3.8) is 0 Å². The fourth-order valence-corrected chi connectivity index (χ4v) is 3.69. The molecule has 1 amide bonds. The molecular weight excluding hydrogens is 422 g/mol. The van der Waals surface area contributed by atoms with Crippen LogP contribution in [0.3, 0.4) is 0 Å². The van der Waals surface area contributed by atoms with Crippen LogP contribution in [0.4, 0.5) is 0 Å². The minimum atomic E-state index is -0.546. The number of benzene rings is 2. The second-order valence-electron chi connectivity index (χ2n) is 8.33. The first kappa shape index (κ1) is 24.2. The van der Waals surface area contributed by atoms with Crippen molar-refractivity contribution in [1.82, 2.24) is 5.32 Å². The van der Waals surface area contributed by atoms with Gasteiger partial charge in [-0.3, -0.25) is 4.79 Å². The highest BCUT2D eigenvalue weighted by Crippen LogP contribution is 2.51. The fraction of sp³-hybridized carbons (Fsp3) is 0.385. The van der Waals surface area contributed by atoms with E-state index in [1.807, 2.05) is 19.1 Å². The summed E-state index contributed by atoms with van der Waals surface area (Å²) >= 11 is 0. The standard InChI is InChI=1S/C26H31NO6/c1-15(2)16(3)27-24(29)10-7-17-11-19-20(14-28)25(33-26(19)23(12-17)32-6)18-8-9-21(30-4)22(13-18)31-5/h7-16,20,25H,1-6H3,(H,27,29)/b10-7+. The van der Waals surface area contributed by atoms with E-state index in [1.54, 1.807) is 45.6 Å². The van der Waals surface area contributed by atoms with E-state index in [-0.39, 0.29) is 11.9 Å². The zero-order valence-corrected chi connectivity index (χ0v) is 19.9. The lowest BCUT2D eigenvalue weighted by atomic mass is 9.91. The summed E-state index contributed by atoms with van der Waals surface area (Å²) in [7, 11) is 4.67. The topological polar surface area (TPSA) is 83.1 Å². The summed E-state index contributed by atoms with van der Waals surface area (Å²) < 4.78 is 22.4. The van der Waals surface area contributed by atoms with E-state index >= 15 is 0 Å². The van der Waals surface area contributed by atoms with Crippen LogP contribution in [0, 0.1) is 5.92 Å². The Balaban J connectivity index is 1.92. The number of amides is 1. The lowest BCUT2D eigenvalue weighted by molar-refractivity contribution is -0.117. The molecule has 7 heteroatoms. The molecule has 2 aromatic carbocycles. The average Bonchev–Trinajstić information content (AvgIpc) is 3.20. The van der Waals surface area contributed by atoms with Gasteiger partial charge in [-0.15, -0.1) is 0 Å². The molecule has 0 bridgehead atoms. The summed E-state index contributed by atoms with van der Waals surface area (Å²) in [4.78, 5) is 24.4. The number of methoxy groups -OCH3 is 3. The molecule has 33 heavy (non-hydrogen) atoms. The quantitative estimate of drug-likeness (QED) is 0.450. The first-order valence-corrected chi connectivity index (χ1v) is 10.9. The molecular formula is C26H31NO6. The molecule has 2 aromatic rings. The third-order valence-corrected chi connectivity index (χ3v) is 5.94. The van der Waals surface area contributed by atoms with Crippen molar-refractivity contribution >= 4 is 18.3 Å². The zero-order chi connectivity index (χ0) is 24.1. The van der Waals surface area contributed by atoms with E-state index in [1.165, 1.54) is 6.08 Å². The van der Waals surface area contributed by atoms with Crippen LogP contribution in [-0.4, -0.2) is 39.6 Å². The summed E-state index contributed by atoms with van der Waals surface area (Å²) in [6.45, 7) is 6.07. The number of nitrogens with one attached hydrogen (secondary N) is 1. The molecule has 3 unspecified atom stereocenters. The second kappa shape index (κ2) is 10.4. The summed E-state index contributed by atoms with van der Waals surface area (Å²) in [6, 6.07) is 9.14. The van der Waals surface area contributed by atoms with Crippen molar-refractivity contribution in [2.75, 3.05) is 21.3 Å². The molecule has 3 rings (SSSR count).